The molecule has 1 saturated carbocycles. The third kappa shape index (κ3) is 7.54. The number of aldehydes is 1. The Morgan fingerprint density at radius 3 is 2.41 bits per heavy atom. The van der Waals surface area contributed by atoms with Crippen LogP contribution in [0.2, 0.25) is 0 Å². The molecule has 1 aliphatic rings. The van der Waals surface area contributed by atoms with E-state index < -0.39 is 12.5 Å². The molecule has 7 heteroatoms. The monoisotopic (exact) mass is 382 g/mol. The Balaban J connectivity index is 0.000000380. The van der Waals surface area contributed by atoms with Crippen molar-refractivity contribution >= 4 is 17.1 Å². The van der Waals surface area contributed by atoms with E-state index in [1.807, 2.05) is 18.5 Å². The molecule has 2 aromatic rings. The maximum Gasteiger partial charge on any atom is 0.446 e. The van der Waals surface area contributed by atoms with Crippen molar-refractivity contribution in [3.63, 3.8) is 0 Å². The number of aromatic nitrogens is 1. The summed E-state index contributed by atoms with van der Waals surface area (Å²) in [5.74, 6) is 0.981. The predicted octanol–water partition coefficient (Wildman–Crippen LogP) is 4.67. The van der Waals surface area contributed by atoms with Gasteiger partial charge in [-0.15, -0.1) is 0 Å². The molecule has 0 radical (unpaired) electrons. The van der Waals surface area contributed by atoms with Gasteiger partial charge in [0.25, 0.3) is 0 Å². The Kier molecular flexibility index (Phi) is 7.59. The zero-order chi connectivity index (χ0) is 19.9. The number of pyridine rings is 1. The number of carbonyl (C=O) groups is 1. The molecular weight excluding hydrogens is 357 g/mol. The van der Waals surface area contributed by atoms with Gasteiger partial charge in [0.05, 0.1) is 6.10 Å². The van der Waals surface area contributed by atoms with Crippen LogP contribution in [0.1, 0.15) is 39.5 Å². The normalized spacial score (nSPS) is 20.1. The van der Waals surface area contributed by atoms with Crippen molar-refractivity contribution in [2.75, 3.05) is 0 Å². The molecule has 0 bridgehead atoms. The number of rotatable bonds is 4. The summed E-state index contributed by atoms with van der Waals surface area (Å²) in [6.45, 7) is 4.43. The van der Waals surface area contributed by atoms with Crippen LogP contribution in [0.4, 0.5) is 13.2 Å². The Bertz CT molecular complexity index is 726. The molecule has 27 heavy (non-hydrogen) atoms. The van der Waals surface area contributed by atoms with Gasteiger partial charge in [0.1, 0.15) is 5.75 Å². The molecule has 0 amide bonds. The fraction of sp³-hybridized carbons (Fsp3) is 0.500. The molecular formula is C20H25F3N2O2. The van der Waals surface area contributed by atoms with Crippen molar-refractivity contribution in [2.24, 2.45) is 0 Å². The highest BCUT2D eigenvalue weighted by molar-refractivity contribution is 5.82. The Hall–Kier alpha value is -2.15. The first-order valence-corrected chi connectivity index (χ1v) is 9.06. The maximum atomic E-state index is 10.4. The second-order valence-electron chi connectivity index (χ2n) is 6.96. The third-order valence-electron chi connectivity index (χ3n) is 4.29. The van der Waals surface area contributed by atoms with Gasteiger partial charge in [0.2, 0.25) is 6.29 Å². The van der Waals surface area contributed by atoms with Gasteiger partial charge in [0, 0.05) is 29.9 Å². The van der Waals surface area contributed by atoms with Crippen LogP contribution in [0, 0.1) is 0 Å². The Morgan fingerprint density at radius 2 is 1.81 bits per heavy atom. The summed E-state index contributed by atoms with van der Waals surface area (Å²) in [7, 11) is 0. The summed E-state index contributed by atoms with van der Waals surface area (Å²) >= 11 is 0. The van der Waals surface area contributed by atoms with Crippen LogP contribution < -0.4 is 10.1 Å². The molecule has 1 heterocycles. The summed E-state index contributed by atoms with van der Waals surface area (Å²) in [5.41, 5.74) is 0. The Morgan fingerprint density at radius 1 is 1.15 bits per heavy atom. The zero-order valence-electron chi connectivity index (χ0n) is 15.5. The first-order chi connectivity index (χ1) is 12.8. The number of alkyl halides is 3. The van der Waals surface area contributed by atoms with Crippen LogP contribution >= 0.6 is 0 Å². The molecule has 1 aliphatic carbocycles. The van der Waals surface area contributed by atoms with Crippen molar-refractivity contribution in [1.29, 1.82) is 0 Å². The standard InChI is InChI=1S/C18H24N2O.C2HF3O/c1-13(2)20-16-4-7-17(8-5-16)21-18-6-3-15-12-19-10-9-14(15)11-18;3-2(4,5)1-6/h3,6,9-13,16-17,20H,4-5,7-8H2,1-2H3;1H. The number of hydrogen-bond acceptors (Lipinski definition) is 4. The van der Waals surface area contributed by atoms with E-state index in [-0.39, 0.29) is 0 Å². The van der Waals surface area contributed by atoms with Gasteiger partial charge in [-0.3, -0.25) is 9.78 Å². The molecule has 0 atom stereocenters. The SMILES string of the molecule is CC(C)NC1CCC(Oc2ccc3cnccc3c2)CC1.O=CC(F)(F)F. The molecule has 1 aromatic heterocycles. The first kappa shape index (κ1) is 21.2. The highest BCUT2D eigenvalue weighted by atomic mass is 19.4. The van der Waals surface area contributed by atoms with Crippen LogP contribution in [0.3, 0.4) is 0 Å². The van der Waals surface area contributed by atoms with Gasteiger partial charge in [0.15, 0.2) is 0 Å². The first-order valence-electron chi connectivity index (χ1n) is 9.06. The Labute approximate surface area is 157 Å². The molecule has 0 saturated heterocycles. The predicted molar refractivity (Wildman–Crippen MR) is 98.8 cm³/mol. The van der Waals surface area contributed by atoms with Crippen molar-refractivity contribution in [2.45, 2.75) is 63.9 Å². The number of halogens is 3. The number of carbonyl (C=O) groups excluding carboxylic acids is 1. The van der Waals surface area contributed by atoms with Crippen LogP contribution in [0.15, 0.2) is 36.7 Å². The van der Waals surface area contributed by atoms with Crippen molar-refractivity contribution in [3.05, 3.63) is 36.7 Å². The summed E-state index contributed by atoms with van der Waals surface area (Å²) in [5, 5.41) is 5.98. The van der Waals surface area contributed by atoms with E-state index in [2.05, 4.69) is 42.3 Å². The van der Waals surface area contributed by atoms with E-state index in [0.717, 1.165) is 24.0 Å². The van der Waals surface area contributed by atoms with Crippen molar-refractivity contribution < 1.29 is 22.7 Å². The van der Waals surface area contributed by atoms with Gasteiger partial charge in [-0.1, -0.05) is 13.8 Å². The summed E-state index contributed by atoms with van der Waals surface area (Å²) < 4.78 is 37.4. The van der Waals surface area contributed by atoms with Crippen molar-refractivity contribution in [1.82, 2.24) is 10.3 Å². The molecule has 0 spiro atoms. The second kappa shape index (κ2) is 9.69. The molecule has 148 valence electrons. The van der Waals surface area contributed by atoms with Gasteiger partial charge in [-0.2, -0.15) is 13.2 Å². The van der Waals surface area contributed by atoms with E-state index in [1.165, 1.54) is 18.2 Å². The zero-order valence-corrected chi connectivity index (χ0v) is 15.5. The summed E-state index contributed by atoms with van der Waals surface area (Å²) in [6, 6.07) is 9.53. The molecule has 1 N–H and O–H groups in total. The minimum atomic E-state index is -4.64. The topological polar surface area (TPSA) is 51.2 Å². The fourth-order valence-electron chi connectivity index (χ4n) is 3.15. The fourth-order valence-corrected chi connectivity index (χ4v) is 3.15. The van der Waals surface area contributed by atoms with Crippen molar-refractivity contribution in [3.8, 4) is 5.75 Å². The number of fused-ring (bicyclic) bond motifs is 1. The van der Waals surface area contributed by atoms with Gasteiger partial charge in [-0.05, 0) is 55.3 Å². The minimum Gasteiger partial charge on any atom is -0.490 e. The molecule has 0 aliphatic heterocycles. The summed E-state index contributed by atoms with van der Waals surface area (Å²) in [6.07, 6.45) is 3.07. The van der Waals surface area contributed by atoms with E-state index in [4.69, 9.17) is 9.53 Å². The molecule has 0 unspecified atom stereocenters. The third-order valence-corrected chi connectivity index (χ3v) is 4.29. The average molecular weight is 382 g/mol. The minimum absolute atomic E-state index is 0.356. The van der Waals surface area contributed by atoms with E-state index in [9.17, 15) is 13.2 Å². The van der Waals surface area contributed by atoms with E-state index >= 15 is 0 Å². The quantitative estimate of drug-likeness (QED) is 0.781. The smallest absolute Gasteiger partial charge is 0.446 e. The lowest BCUT2D eigenvalue weighted by atomic mass is 9.92. The van der Waals surface area contributed by atoms with Crippen LogP contribution in [0.5, 0.6) is 5.75 Å². The lowest BCUT2D eigenvalue weighted by molar-refractivity contribution is -0.156. The van der Waals surface area contributed by atoms with Gasteiger partial charge < -0.3 is 10.1 Å². The van der Waals surface area contributed by atoms with Gasteiger partial charge >= 0.3 is 6.18 Å². The number of hydrogen-bond donors (Lipinski definition) is 1. The van der Waals surface area contributed by atoms with E-state index in [0.29, 0.717) is 18.2 Å². The second-order valence-corrected chi connectivity index (χ2v) is 6.96. The number of benzene rings is 1. The largest absolute Gasteiger partial charge is 0.490 e. The highest BCUT2D eigenvalue weighted by Crippen LogP contribution is 2.26. The lowest BCUT2D eigenvalue weighted by Gasteiger charge is -2.30. The molecule has 1 aromatic carbocycles. The molecule has 3 rings (SSSR count). The van der Waals surface area contributed by atoms with Gasteiger partial charge in [-0.25, -0.2) is 0 Å². The van der Waals surface area contributed by atoms with Crippen LogP contribution in [0.25, 0.3) is 10.8 Å². The number of ether oxygens (including phenoxy) is 1. The average Bonchev–Trinajstić information content (AvgIpc) is 2.63. The lowest BCUT2D eigenvalue weighted by Crippen LogP contribution is -2.39. The molecule has 4 nitrogen and oxygen atoms in total. The highest BCUT2D eigenvalue weighted by Gasteiger charge is 2.25. The number of nitrogens with one attached hydrogen (secondary N) is 1. The summed E-state index contributed by atoms with van der Waals surface area (Å²) in [4.78, 5) is 12.8. The number of nitrogens with zero attached hydrogens (tertiary/aromatic N) is 1. The molecule has 1 fully saturated rings. The van der Waals surface area contributed by atoms with E-state index in [1.54, 1.807) is 0 Å². The van der Waals surface area contributed by atoms with Crippen LogP contribution in [-0.4, -0.2) is 35.6 Å². The van der Waals surface area contributed by atoms with Crippen LogP contribution in [-0.2, 0) is 4.79 Å². The maximum absolute atomic E-state index is 10.4.